The first-order valence-electron chi connectivity index (χ1n) is 6.97. The molecule has 9 heteroatoms. The zero-order valence-electron chi connectivity index (χ0n) is 12.0. The van der Waals surface area contributed by atoms with E-state index in [4.69, 9.17) is 16.7 Å². The highest BCUT2D eigenvalue weighted by Crippen LogP contribution is 2.32. The predicted molar refractivity (Wildman–Crippen MR) is 85.7 cm³/mol. The molecule has 0 unspecified atom stereocenters. The molecule has 0 aromatic heterocycles. The lowest BCUT2D eigenvalue weighted by Crippen LogP contribution is -2.41. The van der Waals surface area contributed by atoms with Crippen molar-refractivity contribution in [3.8, 4) is 0 Å². The van der Waals surface area contributed by atoms with Crippen LogP contribution in [0.15, 0.2) is 23.1 Å². The Kier molecular flexibility index (Phi) is 5.84. The molecule has 0 radical (unpaired) electrons. The minimum absolute atomic E-state index is 0.0225. The van der Waals surface area contributed by atoms with E-state index in [1.165, 1.54) is 18.2 Å². The number of amides is 1. The van der Waals surface area contributed by atoms with Crippen LogP contribution in [0.1, 0.15) is 19.3 Å². The number of thioether (sulfide) groups is 1. The molecule has 1 aromatic carbocycles. The number of benzene rings is 1. The van der Waals surface area contributed by atoms with E-state index < -0.39 is 16.8 Å². The number of carbonyl (C=O) groups is 2. The molecule has 0 spiro atoms. The zero-order valence-corrected chi connectivity index (χ0v) is 13.6. The van der Waals surface area contributed by atoms with Gasteiger partial charge in [-0.1, -0.05) is 18.0 Å². The van der Waals surface area contributed by atoms with Gasteiger partial charge in [-0.25, -0.2) is 0 Å². The number of carbonyl (C=O) groups excluding carboxylic acids is 1. The Morgan fingerprint density at radius 2 is 2.17 bits per heavy atom. The number of carboxylic acids is 1. The molecule has 124 valence electrons. The van der Waals surface area contributed by atoms with Gasteiger partial charge in [0.15, 0.2) is 0 Å². The van der Waals surface area contributed by atoms with Gasteiger partial charge in [0, 0.05) is 17.1 Å². The Morgan fingerprint density at radius 3 is 2.83 bits per heavy atom. The van der Waals surface area contributed by atoms with E-state index in [1.807, 2.05) is 0 Å². The monoisotopic (exact) mass is 358 g/mol. The summed E-state index contributed by atoms with van der Waals surface area (Å²) in [4.78, 5) is 33.8. The fraction of sp³-hybridized carbons (Fsp3) is 0.429. The summed E-state index contributed by atoms with van der Waals surface area (Å²) in [6.07, 6.45) is 1.95. The van der Waals surface area contributed by atoms with Crippen LogP contribution in [0.5, 0.6) is 0 Å². The molecule has 0 aliphatic heterocycles. The van der Waals surface area contributed by atoms with Crippen LogP contribution >= 0.6 is 23.4 Å². The van der Waals surface area contributed by atoms with Crippen molar-refractivity contribution in [2.24, 2.45) is 5.92 Å². The van der Waals surface area contributed by atoms with Crippen LogP contribution in [0.2, 0.25) is 5.02 Å². The summed E-state index contributed by atoms with van der Waals surface area (Å²) in [6, 6.07) is 3.88. The number of rotatable bonds is 6. The van der Waals surface area contributed by atoms with Crippen LogP contribution in [0.4, 0.5) is 5.69 Å². The van der Waals surface area contributed by atoms with E-state index in [-0.39, 0.29) is 28.4 Å². The molecule has 1 aliphatic carbocycles. The number of halogens is 1. The average Bonchev–Trinajstić information content (AvgIpc) is 2.94. The van der Waals surface area contributed by atoms with Gasteiger partial charge >= 0.3 is 5.97 Å². The van der Waals surface area contributed by atoms with Gasteiger partial charge in [0.1, 0.15) is 0 Å². The third-order valence-electron chi connectivity index (χ3n) is 3.66. The summed E-state index contributed by atoms with van der Waals surface area (Å²) in [5, 5.41) is 23.0. The van der Waals surface area contributed by atoms with Gasteiger partial charge in [-0.2, -0.15) is 0 Å². The molecule has 0 heterocycles. The Bertz CT molecular complexity index is 640. The van der Waals surface area contributed by atoms with E-state index in [9.17, 15) is 19.7 Å². The second kappa shape index (κ2) is 7.65. The van der Waals surface area contributed by atoms with Gasteiger partial charge in [0.05, 0.1) is 21.5 Å². The van der Waals surface area contributed by atoms with Crippen molar-refractivity contribution < 1.29 is 19.6 Å². The summed E-state index contributed by atoms with van der Waals surface area (Å²) in [5.74, 6) is -1.83. The molecular formula is C14H15ClN2O5S. The maximum atomic E-state index is 12.0. The molecule has 1 fully saturated rings. The predicted octanol–water partition coefficient (Wildman–Crippen LogP) is 2.71. The van der Waals surface area contributed by atoms with Gasteiger partial charge in [-0.3, -0.25) is 19.7 Å². The zero-order chi connectivity index (χ0) is 17.0. The largest absolute Gasteiger partial charge is 0.481 e. The van der Waals surface area contributed by atoms with Gasteiger partial charge < -0.3 is 10.4 Å². The average molecular weight is 359 g/mol. The fourth-order valence-corrected chi connectivity index (χ4v) is 3.56. The van der Waals surface area contributed by atoms with Crippen LogP contribution in [-0.2, 0) is 9.59 Å². The molecule has 1 aliphatic rings. The molecule has 23 heavy (non-hydrogen) atoms. The topological polar surface area (TPSA) is 110 Å². The molecule has 1 aromatic rings. The number of carboxylic acid groups (broad SMARTS) is 1. The van der Waals surface area contributed by atoms with Crippen LogP contribution in [0, 0.1) is 16.0 Å². The highest BCUT2D eigenvalue weighted by molar-refractivity contribution is 8.00. The molecule has 2 atom stereocenters. The van der Waals surface area contributed by atoms with Gasteiger partial charge in [0.25, 0.3) is 5.69 Å². The number of nitro groups is 1. The van der Waals surface area contributed by atoms with E-state index in [0.29, 0.717) is 17.7 Å². The molecule has 0 bridgehead atoms. The second-order valence-electron chi connectivity index (χ2n) is 5.21. The molecular weight excluding hydrogens is 344 g/mol. The molecule has 1 amide bonds. The van der Waals surface area contributed by atoms with Crippen molar-refractivity contribution in [1.29, 1.82) is 0 Å². The number of hydrogen-bond donors (Lipinski definition) is 2. The Balaban J connectivity index is 1.95. The third-order valence-corrected chi connectivity index (χ3v) is 4.95. The highest BCUT2D eigenvalue weighted by Gasteiger charge is 2.33. The SMILES string of the molecule is O=C(CSc1ccc(Cl)cc1[N+](=O)[O-])N[C@H]1CCC[C@H]1C(=O)O. The molecule has 0 saturated heterocycles. The Labute approximate surface area is 141 Å². The van der Waals surface area contributed by atoms with Crippen LogP contribution < -0.4 is 5.32 Å². The lowest BCUT2D eigenvalue weighted by molar-refractivity contribution is -0.387. The lowest BCUT2D eigenvalue weighted by atomic mass is 10.0. The van der Waals surface area contributed by atoms with E-state index >= 15 is 0 Å². The number of nitro benzene ring substituents is 1. The van der Waals surface area contributed by atoms with Crippen molar-refractivity contribution in [1.82, 2.24) is 5.32 Å². The highest BCUT2D eigenvalue weighted by atomic mass is 35.5. The third kappa shape index (κ3) is 4.59. The molecule has 2 rings (SSSR count). The minimum atomic E-state index is -0.909. The maximum absolute atomic E-state index is 12.0. The summed E-state index contributed by atoms with van der Waals surface area (Å²) in [6.45, 7) is 0. The Morgan fingerprint density at radius 1 is 1.43 bits per heavy atom. The summed E-state index contributed by atoms with van der Waals surface area (Å²) < 4.78 is 0. The van der Waals surface area contributed by atoms with E-state index in [0.717, 1.165) is 18.2 Å². The van der Waals surface area contributed by atoms with E-state index in [1.54, 1.807) is 0 Å². The first kappa shape index (κ1) is 17.6. The van der Waals surface area contributed by atoms with Crippen molar-refractivity contribution in [2.75, 3.05) is 5.75 Å². The molecule has 2 N–H and O–H groups in total. The lowest BCUT2D eigenvalue weighted by Gasteiger charge is -2.17. The number of nitrogens with zero attached hydrogens (tertiary/aromatic N) is 1. The van der Waals surface area contributed by atoms with Crippen LogP contribution in [0.25, 0.3) is 0 Å². The Hall–Kier alpha value is -1.80. The summed E-state index contributed by atoms with van der Waals surface area (Å²) in [7, 11) is 0. The normalized spacial score (nSPS) is 20.2. The van der Waals surface area contributed by atoms with Gasteiger partial charge in [0.2, 0.25) is 5.91 Å². The number of aliphatic carboxylic acids is 1. The number of hydrogen-bond acceptors (Lipinski definition) is 5. The van der Waals surface area contributed by atoms with Crippen LogP contribution in [0.3, 0.4) is 0 Å². The smallest absolute Gasteiger partial charge is 0.308 e. The fourth-order valence-electron chi connectivity index (χ4n) is 2.58. The maximum Gasteiger partial charge on any atom is 0.308 e. The van der Waals surface area contributed by atoms with Gasteiger partial charge in [-0.05, 0) is 25.0 Å². The molecule has 1 saturated carbocycles. The van der Waals surface area contributed by atoms with E-state index in [2.05, 4.69) is 5.32 Å². The number of nitrogens with one attached hydrogen (secondary N) is 1. The molecule has 7 nitrogen and oxygen atoms in total. The minimum Gasteiger partial charge on any atom is -0.481 e. The summed E-state index contributed by atoms with van der Waals surface area (Å²) >= 11 is 6.76. The van der Waals surface area contributed by atoms with Crippen LogP contribution in [-0.4, -0.2) is 33.7 Å². The van der Waals surface area contributed by atoms with Crippen molar-refractivity contribution in [3.05, 3.63) is 33.3 Å². The first-order valence-corrected chi connectivity index (χ1v) is 8.33. The summed E-state index contributed by atoms with van der Waals surface area (Å²) in [5.41, 5.74) is -0.153. The second-order valence-corrected chi connectivity index (χ2v) is 6.66. The standard InChI is InChI=1S/C14H15ClN2O5S/c15-8-4-5-12(11(6-8)17(21)22)23-7-13(18)16-10-3-1-2-9(10)14(19)20/h4-6,9-10H,1-3,7H2,(H,16,18)(H,19,20)/t9-,10+/m1/s1. The van der Waals surface area contributed by atoms with Crippen molar-refractivity contribution >= 4 is 40.9 Å². The van der Waals surface area contributed by atoms with Crippen molar-refractivity contribution in [3.63, 3.8) is 0 Å². The van der Waals surface area contributed by atoms with Crippen molar-refractivity contribution in [2.45, 2.75) is 30.2 Å². The first-order chi connectivity index (χ1) is 10.9. The van der Waals surface area contributed by atoms with Gasteiger partial charge in [-0.15, -0.1) is 11.8 Å². The quantitative estimate of drug-likeness (QED) is 0.459.